The number of benzene rings is 2. The Morgan fingerprint density at radius 3 is 2.29 bits per heavy atom. The molecule has 2 aromatic carbocycles. The van der Waals surface area contributed by atoms with Gasteiger partial charge < -0.3 is 69.3 Å². The van der Waals surface area contributed by atoms with Crippen LogP contribution in [-0.4, -0.2) is 129 Å². The van der Waals surface area contributed by atoms with Gasteiger partial charge in [-0.15, -0.1) is 0 Å². The smallest absolute Gasteiger partial charge is 0.331 e. The number of esters is 1. The van der Waals surface area contributed by atoms with Crippen molar-refractivity contribution in [3.8, 4) is 23.0 Å². The zero-order valence-corrected chi connectivity index (χ0v) is 24.4. The van der Waals surface area contributed by atoms with Gasteiger partial charge in [0.25, 0.3) is 0 Å². The van der Waals surface area contributed by atoms with Crippen LogP contribution in [0.2, 0.25) is 0 Å². The number of aliphatic hydroxyl groups excluding tert-OH is 5. The van der Waals surface area contributed by atoms with Crippen molar-refractivity contribution >= 4 is 12.0 Å². The predicted octanol–water partition coefficient (Wildman–Crippen LogP) is -0.713. The quantitative estimate of drug-likeness (QED) is 0.0862. The maximum Gasteiger partial charge on any atom is 0.331 e. The van der Waals surface area contributed by atoms with Gasteiger partial charge in [0.15, 0.2) is 41.7 Å². The van der Waals surface area contributed by atoms with Gasteiger partial charge in [0.05, 0.1) is 26.4 Å². The summed E-state index contributed by atoms with van der Waals surface area (Å²) in [5, 5.41) is 81.5. The lowest BCUT2D eigenvalue weighted by Crippen LogP contribution is -2.65. The Hall–Kier alpha value is -3.51. The van der Waals surface area contributed by atoms with Crippen LogP contribution in [0.4, 0.5) is 0 Å². The minimum absolute atomic E-state index is 0.0663. The number of hydrogen-bond donors (Lipinski definition) is 8. The van der Waals surface area contributed by atoms with Crippen molar-refractivity contribution in [3.63, 3.8) is 0 Å². The first-order valence-electron chi connectivity index (χ1n) is 14.1. The first-order chi connectivity index (χ1) is 21.4. The number of phenols is 3. The van der Waals surface area contributed by atoms with Crippen LogP contribution in [0.1, 0.15) is 18.1 Å². The fourth-order valence-electron chi connectivity index (χ4n) is 4.92. The van der Waals surface area contributed by atoms with Crippen molar-refractivity contribution in [2.75, 3.05) is 20.3 Å². The second kappa shape index (κ2) is 15.2. The molecule has 4 rings (SSSR count). The molecule has 2 aliphatic heterocycles. The molecule has 0 saturated carbocycles. The molecule has 2 heterocycles. The van der Waals surface area contributed by atoms with Crippen LogP contribution in [-0.2, 0) is 34.9 Å². The topological polar surface area (TPSA) is 234 Å². The summed E-state index contributed by atoms with van der Waals surface area (Å²) in [6.45, 7) is 0.640. The van der Waals surface area contributed by atoms with Crippen LogP contribution in [0.25, 0.3) is 6.08 Å². The lowest BCUT2D eigenvalue weighted by Gasteiger charge is -2.46. The largest absolute Gasteiger partial charge is 0.504 e. The molecule has 2 aliphatic rings. The summed E-state index contributed by atoms with van der Waals surface area (Å²) in [4.78, 5) is 12.9. The predicted molar refractivity (Wildman–Crippen MR) is 152 cm³/mol. The SMILES string of the molecule is COc1ccc(C=CC(=O)O[C@@H]2[C@@H](O[C@H]3O[C@H](C)[C@@H](O)[C@@H](O)[C@H]3O)[C@H](O)[C@@H](OCCc3ccc(O)c(O)c3)O[C@H]2CO)cc1O. The second-order valence-corrected chi connectivity index (χ2v) is 10.6. The lowest BCUT2D eigenvalue weighted by atomic mass is 9.97. The van der Waals surface area contributed by atoms with E-state index in [9.17, 15) is 45.6 Å². The highest BCUT2D eigenvalue weighted by Crippen LogP contribution is 2.32. The monoisotopic (exact) mass is 638 g/mol. The van der Waals surface area contributed by atoms with Crippen LogP contribution in [0.15, 0.2) is 42.5 Å². The van der Waals surface area contributed by atoms with Crippen molar-refractivity contribution in [2.45, 2.75) is 74.8 Å². The van der Waals surface area contributed by atoms with Gasteiger partial charge in [-0.3, -0.25) is 0 Å². The Labute approximate surface area is 258 Å². The van der Waals surface area contributed by atoms with E-state index in [0.717, 1.165) is 6.08 Å². The van der Waals surface area contributed by atoms with Gasteiger partial charge in [-0.25, -0.2) is 4.79 Å². The van der Waals surface area contributed by atoms with E-state index in [2.05, 4.69) is 0 Å². The Morgan fingerprint density at radius 2 is 1.62 bits per heavy atom. The fraction of sp³-hybridized carbons (Fsp3) is 0.500. The third-order valence-corrected chi connectivity index (χ3v) is 7.47. The van der Waals surface area contributed by atoms with Crippen molar-refractivity contribution < 1.29 is 74.1 Å². The number of aliphatic hydroxyl groups is 5. The first-order valence-corrected chi connectivity index (χ1v) is 14.1. The standard InChI is InChI=1S/C30H38O15/c1-14-23(36)24(37)25(38)30(42-14)45-28-26(39)29(41-10-9-16-3-6-17(32)18(33)11-16)43-21(13-31)27(28)44-22(35)8-5-15-4-7-20(40-2)19(34)12-15/h3-8,11-12,14,21,23-34,36-39H,9-10,13H2,1-2H3/t14-,21+,23-,24-,25-,26+,27+,28+,29+,30-/m1/s1. The number of phenolic OH excluding ortho intramolecular Hbond substituents is 3. The number of rotatable bonds is 11. The average Bonchev–Trinajstić information content (AvgIpc) is 3.02. The maximum absolute atomic E-state index is 12.9. The highest BCUT2D eigenvalue weighted by molar-refractivity contribution is 5.87. The number of methoxy groups -OCH3 is 1. The van der Waals surface area contributed by atoms with Gasteiger partial charge in [0.2, 0.25) is 0 Å². The summed E-state index contributed by atoms with van der Waals surface area (Å²) in [7, 11) is 1.39. The van der Waals surface area contributed by atoms with Crippen molar-refractivity contribution in [1.82, 2.24) is 0 Å². The molecule has 8 N–H and O–H groups in total. The van der Waals surface area contributed by atoms with Gasteiger partial charge in [-0.2, -0.15) is 0 Å². The van der Waals surface area contributed by atoms with Crippen molar-refractivity contribution in [1.29, 1.82) is 0 Å². The number of carbonyl (C=O) groups excluding carboxylic acids is 1. The maximum atomic E-state index is 12.9. The van der Waals surface area contributed by atoms with Crippen LogP contribution in [0, 0.1) is 0 Å². The van der Waals surface area contributed by atoms with E-state index in [1.54, 1.807) is 12.1 Å². The van der Waals surface area contributed by atoms with E-state index in [4.69, 9.17) is 28.4 Å². The summed E-state index contributed by atoms with van der Waals surface area (Å²) < 4.78 is 33.3. The fourth-order valence-corrected chi connectivity index (χ4v) is 4.92. The van der Waals surface area contributed by atoms with Crippen LogP contribution < -0.4 is 4.74 Å². The highest BCUT2D eigenvalue weighted by atomic mass is 16.7. The molecule has 10 atom stereocenters. The Bertz CT molecular complexity index is 1320. The lowest BCUT2D eigenvalue weighted by molar-refractivity contribution is -0.357. The molecule has 45 heavy (non-hydrogen) atoms. The number of hydrogen-bond acceptors (Lipinski definition) is 15. The highest BCUT2D eigenvalue weighted by Gasteiger charge is 2.52. The van der Waals surface area contributed by atoms with E-state index in [1.165, 1.54) is 44.4 Å². The van der Waals surface area contributed by atoms with Crippen LogP contribution in [0.5, 0.6) is 23.0 Å². The molecule has 0 radical (unpaired) electrons. The average molecular weight is 639 g/mol. The molecule has 2 aromatic rings. The van der Waals surface area contributed by atoms with E-state index in [1.807, 2.05) is 0 Å². The second-order valence-electron chi connectivity index (χ2n) is 10.6. The molecule has 2 fully saturated rings. The molecule has 0 aliphatic carbocycles. The molecule has 15 nitrogen and oxygen atoms in total. The Balaban J connectivity index is 1.52. The minimum atomic E-state index is -1.76. The molecular formula is C30H38O15. The van der Waals surface area contributed by atoms with Crippen molar-refractivity contribution in [2.24, 2.45) is 0 Å². The zero-order valence-electron chi connectivity index (χ0n) is 24.4. The third-order valence-electron chi connectivity index (χ3n) is 7.47. The third kappa shape index (κ3) is 8.21. The molecule has 15 heteroatoms. The number of ether oxygens (including phenoxy) is 6. The summed E-state index contributed by atoms with van der Waals surface area (Å²) in [5.74, 6) is -1.51. The van der Waals surface area contributed by atoms with Crippen LogP contribution >= 0.6 is 0 Å². The van der Waals surface area contributed by atoms with Gasteiger partial charge >= 0.3 is 5.97 Å². The van der Waals surface area contributed by atoms with Gasteiger partial charge in [-0.1, -0.05) is 12.1 Å². The molecular weight excluding hydrogens is 600 g/mol. The normalized spacial score (nSPS) is 32.0. The molecule has 0 aromatic heterocycles. The van der Waals surface area contributed by atoms with Gasteiger partial charge in [0, 0.05) is 6.08 Å². The first kappa shape index (κ1) is 34.4. The summed E-state index contributed by atoms with van der Waals surface area (Å²) >= 11 is 0. The number of carbonyl (C=O) groups is 1. The van der Waals surface area contributed by atoms with Crippen LogP contribution in [0.3, 0.4) is 0 Å². The van der Waals surface area contributed by atoms with E-state index in [0.29, 0.717) is 11.1 Å². The molecule has 0 spiro atoms. The summed E-state index contributed by atoms with van der Waals surface area (Å²) in [6.07, 6.45) is -12.4. The number of aromatic hydroxyl groups is 3. The van der Waals surface area contributed by atoms with Gasteiger partial charge in [-0.05, 0) is 54.8 Å². The summed E-state index contributed by atoms with van der Waals surface area (Å²) in [5.41, 5.74) is 1.01. The molecule has 2 saturated heterocycles. The molecule has 0 amide bonds. The van der Waals surface area contributed by atoms with E-state index < -0.39 is 74.0 Å². The molecule has 0 unspecified atom stereocenters. The van der Waals surface area contributed by atoms with E-state index in [-0.39, 0.29) is 36.0 Å². The molecule has 248 valence electrons. The molecule has 0 bridgehead atoms. The zero-order chi connectivity index (χ0) is 32.8. The summed E-state index contributed by atoms with van der Waals surface area (Å²) in [6, 6.07) is 8.60. The Kier molecular flexibility index (Phi) is 11.6. The van der Waals surface area contributed by atoms with Gasteiger partial charge in [0.1, 0.15) is 36.6 Å². The van der Waals surface area contributed by atoms with Crippen molar-refractivity contribution in [3.05, 3.63) is 53.6 Å². The Morgan fingerprint density at radius 1 is 0.867 bits per heavy atom. The minimum Gasteiger partial charge on any atom is -0.504 e. The van der Waals surface area contributed by atoms with E-state index >= 15 is 0 Å².